The van der Waals surface area contributed by atoms with Crippen LogP contribution in [-0.2, 0) is 0 Å². The largest absolute Gasteiger partial charge is 0.369 e. The third-order valence-corrected chi connectivity index (χ3v) is 3.76. The van der Waals surface area contributed by atoms with Gasteiger partial charge in [0.1, 0.15) is 5.82 Å². The topological polar surface area (TPSA) is 49.8 Å². The fraction of sp³-hybridized carbons (Fsp3) is 0.714. The second kappa shape index (κ2) is 9.13. The van der Waals surface area contributed by atoms with Crippen molar-refractivity contribution in [1.82, 2.24) is 9.97 Å². The van der Waals surface area contributed by atoms with E-state index in [0.717, 1.165) is 23.4 Å². The summed E-state index contributed by atoms with van der Waals surface area (Å²) in [5.74, 6) is 2.26. The van der Waals surface area contributed by atoms with E-state index in [9.17, 15) is 0 Å². The average molecular weight is 329 g/mol. The lowest BCUT2D eigenvalue weighted by molar-refractivity contribution is 0.472. The highest BCUT2D eigenvalue weighted by atomic mass is 79.9. The summed E-state index contributed by atoms with van der Waals surface area (Å²) in [5.41, 5.74) is 0. The van der Waals surface area contributed by atoms with E-state index in [0.29, 0.717) is 11.9 Å². The molecular weight excluding hydrogens is 304 g/mol. The molecule has 5 heteroatoms. The minimum absolute atomic E-state index is 0.676. The van der Waals surface area contributed by atoms with Crippen LogP contribution in [0.3, 0.4) is 0 Å². The third-order valence-electron chi connectivity index (χ3n) is 3.18. The van der Waals surface area contributed by atoms with E-state index in [1.807, 2.05) is 6.92 Å². The molecule has 4 nitrogen and oxygen atoms in total. The van der Waals surface area contributed by atoms with Gasteiger partial charge in [-0.15, -0.1) is 0 Å². The van der Waals surface area contributed by atoms with Crippen LogP contribution < -0.4 is 10.6 Å². The Kier molecular flexibility index (Phi) is 7.79. The first kappa shape index (κ1) is 16.2. The molecule has 108 valence electrons. The smallest absolute Gasteiger partial charge is 0.224 e. The lowest BCUT2D eigenvalue weighted by atomic mass is 9.99. The minimum Gasteiger partial charge on any atom is -0.369 e. The van der Waals surface area contributed by atoms with Crippen LogP contribution in [0.25, 0.3) is 0 Å². The first-order chi connectivity index (χ1) is 9.21. The molecule has 1 unspecified atom stereocenters. The summed E-state index contributed by atoms with van der Waals surface area (Å²) in [4.78, 5) is 8.68. The van der Waals surface area contributed by atoms with Gasteiger partial charge in [-0.2, -0.15) is 4.98 Å². The van der Waals surface area contributed by atoms with Gasteiger partial charge in [0.05, 0.1) is 4.47 Å². The SMILES string of the molecule is CCCCC(CC)CNc1nc(NCC)ncc1Br. The van der Waals surface area contributed by atoms with Gasteiger partial charge >= 0.3 is 0 Å². The summed E-state index contributed by atoms with van der Waals surface area (Å²) >= 11 is 3.49. The van der Waals surface area contributed by atoms with Gasteiger partial charge in [0.15, 0.2) is 0 Å². The average Bonchev–Trinajstić information content (AvgIpc) is 2.42. The van der Waals surface area contributed by atoms with Crippen molar-refractivity contribution in [3.8, 4) is 0 Å². The first-order valence-corrected chi connectivity index (χ1v) is 8.00. The number of hydrogen-bond acceptors (Lipinski definition) is 4. The monoisotopic (exact) mass is 328 g/mol. The Balaban J connectivity index is 2.57. The molecule has 19 heavy (non-hydrogen) atoms. The molecule has 2 N–H and O–H groups in total. The normalized spacial score (nSPS) is 12.2. The Hall–Kier alpha value is -0.840. The fourth-order valence-corrected chi connectivity index (χ4v) is 2.25. The lowest BCUT2D eigenvalue weighted by Gasteiger charge is -2.16. The zero-order valence-electron chi connectivity index (χ0n) is 12.2. The highest BCUT2D eigenvalue weighted by Crippen LogP contribution is 2.21. The second-order valence-corrected chi connectivity index (χ2v) is 5.57. The molecular formula is C14H25BrN4. The van der Waals surface area contributed by atoms with Gasteiger partial charge in [0, 0.05) is 19.3 Å². The van der Waals surface area contributed by atoms with E-state index in [1.165, 1.54) is 25.7 Å². The van der Waals surface area contributed by atoms with Gasteiger partial charge in [-0.25, -0.2) is 4.98 Å². The Morgan fingerprint density at radius 2 is 2.05 bits per heavy atom. The van der Waals surface area contributed by atoms with Crippen molar-refractivity contribution in [2.24, 2.45) is 5.92 Å². The van der Waals surface area contributed by atoms with Gasteiger partial charge in [-0.3, -0.25) is 0 Å². The molecule has 1 rings (SSSR count). The van der Waals surface area contributed by atoms with Crippen molar-refractivity contribution in [1.29, 1.82) is 0 Å². The summed E-state index contributed by atoms with van der Waals surface area (Å²) in [5, 5.41) is 6.56. The zero-order valence-corrected chi connectivity index (χ0v) is 13.8. The molecule has 1 atom stereocenters. The molecule has 0 saturated heterocycles. The number of rotatable bonds is 9. The molecule has 0 bridgehead atoms. The summed E-state index contributed by atoms with van der Waals surface area (Å²) in [7, 11) is 0. The third kappa shape index (κ3) is 5.76. The van der Waals surface area contributed by atoms with Crippen LogP contribution in [0.15, 0.2) is 10.7 Å². The van der Waals surface area contributed by atoms with E-state index in [-0.39, 0.29) is 0 Å². The summed E-state index contributed by atoms with van der Waals surface area (Å²) in [6.45, 7) is 8.33. The maximum absolute atomic E-state index is 4.47. The van der Waals surface area contributed by atoms with Crippen LogP contribution >= 0.6 is 15.9 Å². The van der Waals surface area contributed by atoms with Crippen molar-refractivity contribution in [3.05, 3.63) is 10.7 Å². The molecule has 0 aliphatic carbocycles. The number of nitrogens with one attached hydrogen (secondary N) is 2. The van der Waals surface area contributed by atoms with Crippen molar-refractivity contribution in [2.75, 3.05) is 23.7 Å². The van der Waals surface area contributed by atoms with Crippen LogP contribution in [0.4, 0.5) is 11.8 Å². The number of halogens is 1. The molecule has 0 aromatic carbocycles. The fourth-order valence-electron chi connectivity index (χ4n) is 1.92. The van der Waals surface area contributed by atoms with E-state index >= 15 is 0 Å². The molecule has 1 heterocycles. The maximum atomic E-state index is 4.47. The van der Waals surface area contributed by atoms with Crippen molar-refractivity contribution in [2.45, 2.75) is 46.5 Å². The van der Waals surface area contributed by atoms with E-state index in [1.54, 1.807) is 6.20 Å². The van der Waals surface area contributed by atoms with Gasteiger partial charge in [-0.1, -0.05) is 33.1 Å². The van der Waals surface area contributed by atoms with Crippen LogP contribution in [0.2, 0.25) is 0 Å². The summed E-state index contributed by atoms with van der Waals surface area (Å²) < 4.78 is 0.916. The zero-order chi connectivity index (χ0) is 14.1. The Morgan fingerprint density at radius 1 is 1.26 bits per heavy atom. The minimum atomic E-state index is 0.676. The Bertz CT molecular complexity index is 370. The standard InChI is InChI=1S/C14H25BrN4/c1-4-7-8-11(5-2)9-17-13-12(15)10-18-14(19-13)16-6-3/h10-11H,4-9H2,1-3H3,(H2,16,17,18,19). The number of aromatic nitrogens is 2. The highest BCUT2D eigenvalue weighted by molar-refractivity contribution is 9.10. The molecule has 1 aromatic heterocycles. The molecule has 0 aliphatic rings. The summed E-state index contributed by atoms with van der Waals surface area (Å²) in [6, 6.07) is 0. The first-order valence-electron chi connectivity index (χ1n) is 7.21. The predicted octanol–water partition coefficient (Wildman–Crippen LogP) is 4.30. The summed E-state index contributed by atoms with van der Waals surface area (Å²) in [6.07, 6.45) is 6.84. The number of nitrogens with zero attached hydrogens (tertiary/aromatic N) is 2. The molecule has 0 spiro atoms. The molecule has 0 radical (unpaired) electrons. The predicted molar refractivity (Wildman–Crippen MR) is 85.7 cm³/mol. The van der Waals surface area contributed by atoms with Gasteiger partial charge in [0.25, 0.3) is 0 Å². The van der Waals surface area contributed by atoms with Crippen molar-refractivity contribution < 1.29 is 0 Å². The van der Waals surface area contributed by atoms with Crippen molar-refractivity contribution >= 4 is 27.7 Å². The molecule has 0 saturated carbocycles. The van der Waals surface area contributed by atoms with Crippen LogP contribution in [0, 0.1) is 5.92 Å². The van der Waals surface area contributed by atoms with E-state index in [2.05, 4.69) is 50.4 Å². The molecule has 0 aliphatic heterocycles. The van der Waals surface area contributed by atoms with E-state index < -0.39 is 0 Å². The number of anilines is 2. The number of unbranched alkanes of at least 4 members (excludes halogenated alkanes) is 1. The second-order valence-electron chi connectivity index (χ2n) is 4.72. The van der Waals surface area contributed by atoms with Crippen LogP contribution in [0.5, 0.6) is 0 Å². The number of hydrogen-bond donors (Lipinski definition) is 2. The van der Waals surface area contributed by atoms with E-state index in [4.69, 9.17) is 0 Å². The maximum Gasteiger partial charge on any atom is 0.224 e. The molecule has 1 aromatic rings. The van der Waals surface area contributed by atoms with Crippen LogP contribution in [0.1, 0.15) is 46.5 Å². The Labute approximate surface area is 124 Å². The van der Waals surface area contributed by atoms with Crippen LogP contribution in [-0.4, -0.2) is 23.1 Å². The van der Waals surface area contributed by atoms with Gasteiger partial charge < -0.3 is 10.6 Å². The highest BCUT2D eigenvalue weighted by Gasteiger charge is 2.09. The van der Waals surface area contributed by atoms with Gasteiger partial charge in [-0.05, 0) is 35.2 Å². The lowest BCUT2D eigenvalue weighted by Crippen LogP contribution is -2.15. The molecule has 0 amide bonds. The quantitative estimate of drug-likeness (QED) is 0.709. The van der Waals surface area contributed by atoms with Gasteiger partial charge in [0.2, 0.25) is 5.95 Å². The molecule has 0 fully saturated rings. The van der Waals surface area contributed by atoms with Crippen molar-refractivity contribution in [3.63, 3.8) is 0 Å². The Morgan fingerprint density at radius 3 is 2.68 bits per heavy atom.